The number of fused-ring (bicyclic) bond motifs is 1. The lowest BCUT2D eigenvalue weighted by molar-refractivity contribution is -0.157. The quantitative estimate of drug-likeness (QED) is 0.862. The number of nitrogens with one attached hydrogen (secondary N) is 1. The average molecular weight is 281 g/mol. The summed E-state index contributed by atoms with van der Waals surface area (Å²) in [4.78, 5) is 13.5. The Morgan fingerprint density at radius 1 is 1.53 bits per heavy atom. The molecule has 2 atom stereocenters. The van der Waals surface area contributed by atoms with E-state index in [1.807, 2.05) is 39.0 Å². The van der Waals surface area contributed by atoms with Crippen LogP contribution in [0.3, 0.4) is 0 Å². The van der Waals surface area contributed by atoms with Crippen molar-refractivity contribution >= 4 is 17.3 Å². The van der Waals surface area contributed by atoms with Crippen LogP contribution in [0.4, 0.5) is 0 Å². The van der Waals surface area contributed by atoms with Crippen LogP contribution in [0, 0.1) is 0 Å². The second kappa shape index (κ2) is 5.63. The van der Waals surface area contributed by atoms with E-state index < -0.39 is 5.60 Å². The van der Waals surface area contributed by atoms with Crippen LogP contribution >= 0.6 is 11.3 Å². The fourth-order valence-electron chi connectivity index (χ4n) is 2.42. The van der Waals surface area contributed by atoms with Crippen molar-refractivity contribution in [3.8, 4) is 0 Å². The number of hydrogen-bond acceptors (Lipinski definition) is 4. The maximum Gasteiger partial charge on any atom is 0.323 e. The molecule has 1 aromatic heterocycles. The lowest BCUT2D eigenvalue weighted by Gasteiger charge is -2.28. The largest absolute Gasteiger partial charge is 0.459 e. The van der Waals surface area contributed by atoms with Crippen LogP contribution in [0.25, 0.3) is 0 Å². The summed E-state index contributed by atoms with van der Waals surface area (Å²) in [6.45, 7) is 7.58. The second-order valence-corrected chi connectivity index (χ2v) is 7.17. The highest BCUT2D eigenvalue weighted by molar-refractivity contribution is 7.10. The Hall–Kier alpha value is -0.870. The third kappa shape index (κ3) is 3.80. The van der Waals surface area contributed by atoms with E-state index in [4.69, 9.17) is 4.74 Å². The number of hydrogen-bond donors (Lipinski definition) is 1. The highest BCUT2D eigenvalue weighted by Crippen LogP contribution is 2.33. The summed E-state index contributed by atoms with van der Waals surface area (Å²) in [6.07, 6.45) is 3.45. The average Bonchev–Trinajstić information content (AvgIpc) is 2.75. The fourth-order valence-corrected chi connectivity index (χ4v) is 3.41. The molecule has 1 N–H and O–H groups in total. The molecule has 2 rings (SSSR count). The molecule has 0 saturated heterocycles. The first-order valence-corrected chi connectivity index (χ1v) is 7.80. The van der Waals surface area contributed by atoms with Gasteiger partial charge in [-0.05, 0) is 64.0 Å². The van der Waals surface area contributed by atoms with E-state index in [0.29, 0.717) is 0 Å². The van der Waals surface area contributed by atoms with Crippen molar-refractivity contribution in [2.75, 3.05) is 0 Å². The summed E-state index contributed by atoms with van der Waals surface area (Å²) < 4.78 is 5.41. The van der Waals surface area contributed by atoms with E-state index in [1.165, 1.54) is 23.3 Å². The van der Waals surface area contributed by atoms with Crippen LogP contribution in [-0.4, -0.2) is 17.6 Å². The zero-order chi connectivity index (χ0) is 14.0. The van der Waals surface area contributed by atoms with Crippen LogP contribution in [0.1, 0.15) is 57.0 Å². The van der Waals surface area contributed by atoms with Gasteiger partial charge in [0.15, 0.2) is 0 Å². The number of thiophene rings is 1. The molecule has 0 aromatic carbocycles. The molecule has 1 aliphatic rings. The molecule has 4 heteroatoms. The number of rotatable bonds is 3. The summed E-state index contributed by atoms with van der Waals surface area (Å²) in [5.74, 6) is -0.171. The van der Waals surface area contributed by atoms with Gasteiger partial charge in [-0.3, -0.25) is 10.1 Å². The van der Waals surface area contributed by atoms with Gasteiger partial charge in [-0.1, -0.05) is 0 Å². The molecule has 1 aromatic rings. The first-order chi connectivity index (χ1) is 8.87. The highest BCUT2D eigenvalue weighted by Gasteiger charge is 2.27. The van der Waals surface area contributed by atoms with Crippen LogP contribution in [0.15, 0.2) is 11.4 Å². The molecular formula is C15H23NO2S. The SMILES string of the molecule is CC(NC1CCCc2sccc21)C(=O)OC(C)(C)C. The molecular weight excluding hydrogens is 258 g/mol. The van der Waals surface area contributed by atoms with Crippen molar-refractivity contribution in [3.63, 3.8) is 0 Å². The lowest BCUT2D eigenvalue weighted by atomic mass is 9.93. The topological polar surface area (TPSA) is 38.3 Å². The second-order valence-electron chi connectivity index (χ2n) is 6.17. The summed E-state index contributed by atoms with van der Waals surface area (Å²) in [6, 6.07) is 2.20. The molecule has 19 heavy (non-hydrogen) atoms. The third-order valence-electron chi connectivity index (χ3n) is 3.26. The molecule has 0 amide bonds. The van der Waals surface area contributed by atoms with Crippen LogP contribution < -0.4 is 5.32 Å². The number of carbonyl (C=O) groups is 1. The molecule has 0 aliphatic heterocycles. The molecule has 0 radical (unpaired) electrons. The Morgan fingerprint density at radius 3 is 2.95 bits per heavy atom. The van der Waals surface area contributed by atoms with Gasteiger partial charge in [-0.15, -0.1) is 11.3 Å². The molecule has 3 nitrogen and oxygen atoms in total. The van der Waals surface area contributed by atoms with Gasteiger partial charge in [0, 0.05) is 10.9 Å². The van der Waals surface area contributed by atoms with E-state index in [0.717, 1.165) is 6.42 Å². The van der Waals surface area contributed by atoms with E-state index in [-0.39, 0.29) is 18.1 Å². The van der Waals surface area contributed by atoms with Gasteiger partial charge < -0.3 is 4.74 Å². The van der Waals surface area contributed by atoms with Crippen molar-refractivity contribution in [3.05, 3.63) is 21.9 Å². The summed E-state index contributed by atoms with van der Waals surface area (Å²) in [5, 5.41) is 5.56. The number of aryl methyl sites for hydroxylation is 1. The monoisotopic (exact) mass is 281 g/mol. The Bertz CT molecular complexity index is 447. The van der Waals surface area contributed by atoms with Crippen molar-refractivity contribution in [1.82, 2.24) is 5.32 Å². The zero-order valence-electron chi connectivity index (χ0n) is 12.2. The van der Waals surface area contributed by atoms with Gasteiger partial charge in [-0.2, -0.15) is 0 Å². The molecule has 0 fully saturated rings. The number of carbonyl (C=O) groups excluding carboxylic acids is 1. The predicted octanol–water partition coefficient (Wildman–Crippen LogP) is 3.45. The maximum atomic E-state index is 12.0. The number of esters is 1. The first-order valence-electron chi connectivity index (χ1n) is 6.92. The van der Waals surface area contributed by atoms with Gasteiger partial charge in [0.2, 0.25) is 0 Å². The first kappa shape index (κ1) is 14.5. The van der Waals surface area contributed by atoms with E-state index >= 15 is 0 Å². The lowest BCUT2D eigenvalue weighted by Crippen LogP contribution is -2.41. The maximum absolute atomic E-state index is 12.0. The van der Waals surface area contributed by atoms with Crippen molar-refractivity contribution in [1.29, 1.82) is 0 Å². The Balaban J connectivity index is 1.97. The standard InChI is InChI=1S/C15H23NO2S/c1-10(14(17)18-15(2,3)4)16-12-6-5-7-13-11(12)8-9-19-13/h8-10,12,16H,5-7H2,1-4H3. The van der Waals surface area contributed by atoms with E-state index in [9.17, 15) is 4.79 Å². The molecule has 0 bridgehead atoms. The predicted molar refractivity (Wildman–Crippen MR) is 78.4 cm³/mol. The fraction of sp³-hybridized carbons (Fsp3) is 0.667. The highest BCUT2D eigenvalue weighted by atomic mass is 32.1. The van der Waals surface area contributed by atoms with Gasteiger partial charge in [0.05, 0.1) is 0 Å². The minimum atomic E-state index is -0.423. The van der Waals surface area contributed by atoms with Crippen molar-refractivity contribution in [2.45, 2.75) is 64.6 Å². The molecule has 0 spiro atoms. The summed E-state index contributed by atoms with van der Waals surface area (Å²) >= 11 is 1.82. The van der Waals surface area contributed by atoms with Crippen LogP contribution in [0.5, 0.6) is 0 Å². The third-order valence-corrected chi connectivity index (χ3v) is 4.26. The van der Waals surface area contributed by atoms with Gasteiger partial charge in [-0.25, -0.2) is 0 Å². The van der Waals surface area contributed by atoms with Gasteiger partial charge in [0.25, 0.3) is 0 Å². The zero-order valence-corrected chi connectivity index (χ0v) is 13.0. The molecule has 2 unspecified atom stereocenters. The normalized spacial score (nSPS) is 20.7. The Kier molecular flexibility index (Phi) is 4.31. The minimum absolute atomic E-state index is 0.171. The van der Waals surface area contributed by atoms with Gasteiger partial charge in [0.1, 0.15) is 11.6 Å². The van der Waals surface area contributed by atoms with Crippen LogP contribution in [0.2, 0.25) is 0 Å². The van der Waals surface area contributed by atoms with E-state index in [2.05, 4.69) is 16.8 Å². The van der Waals surface area contributed by atoms with E-state index in [1.54, 1.807) is 0 Å². The number of ether oxygens (including phenoxy) is 1. The Labute approximate surface area is 119 Å². The summed E-state index contributed by atoms with van der Waals surface area (Å²) in [5.41, 5.74) is 0.944. The van der Waals surface area contributed by atoms with Crippen molar-refractivity contribution < 1.29 is 9.53 Å². The Morgan fingerprint density at radius 2 is 2.26 bits per heavy atom. The summed E-state index contributed by atoms with van der Waals surface area (Å²) in [7, 11) is 0. The molecule has 106 valence electrons. The van der Waals surface area contributed by atoms with Gasteiger partial charge >= 0.3 is 5.97 Å². The van der Waals surface area contributed by atoms with Crippen molar-refractivity contribution in [2.24, 2.45) is 0 Å². The van der Waals surface area contributed by atoms with Crippen LogP contribution in [-0.2, 0) is 16.0 Å². The minimum Gasteiger partial charge on any atom is -0.459 e. The molecule has 0 saturated carbocycles. The molecule has 1 aliphatic carbocycles. The smallest absolute Gasteiger partial charge is 0.323 e. The molecule has 1 heterocycles.